The van der Waals surface area contributed by atoms with Gasteiger partial charge in [0.2, 0.25) is 0 Å². The van der Waals surface area contributed by atoms with Crippen LogP contribution in [0.3, 0.4) is 0 Å². The van der Waals surface area contributed by atoms with Crippen molar-refractivity contribution < 1.29 is 26.5 Å². The minimum absolute atomic E-state index is 0.00619. The summed E-state index contributed by atoms with van der Waals surface area (Å²) in [5, 5.41) is 4.29. The van der Waals surface area contributed by atoms with E-state index in [1.54, 1.807) is 42.5 Å². The lowest BCUT2D eigenvalue weighted by Gasteiger charge is -2.13. The van der Waals surface area contributed by atoms with Crippen molar-refractivity contribution in [2.24, 2.45) is 5.10 Å². The van der Waals surface area contributed by atoms with Crippen molar-refractivity contribution in [3.63, 3.8) is 0 Å². The van der Waals surface area contributed by atoms with E-state index in [0.29, 0.717) is 21.9 Å². The van der Waals surface area contributed by atoms with Gasteiger partial charge in [-0.05, 0) is 36.4 Å². The number of oxazole rings is 1. The van der Waals surface area contributed by atoms with Crippen LogP contribution in [0.15, 0.2) is 92.4 Å². The number of thioether (sulfide) groups is 1. The minimum Gasteiger partial charge on any atom is -0.493 e. The summed E-state index contributed by atoms with van der Waals surface area (Å²) >= 11 is 1.13. The first-order chi connectivity index (χ1) is 16.5. The van der Waals surface area contributed by atoms with Gasteiger partial charge in [-0.2, -0.15) is 13.5 Å². The van der Waals surface area contributed by atoms with Crippen LogP contribution in [0, 0.1) is 0 Å². The highest BCUT2D eigenvalue weighted by Crippen LogP contribution is 2.32. The maximum Gasteiger partial charge on any atom is 0.339 e. The molecule has 4 rings (SSSR count). The number of ether oxygens (including phenoxy) is 1. The van der Waals surface area contributed by atoms with Crippen LogP contribution in [-0.4, -0.2) is 38.4 Å². The van der Waals surface area contributed by atoms with Gasteiger partial charge in [-0.15, -0.1) is 0 Å². The fourth-order valence-electron chi connectivity index (χ4n) is 2.88. The number of amides is 1. The Hall–Kier alpha value is -3.83. The molecule has 4 aromatic rings. The average molecular weight is 498 g/mol. The number of para-hydroxylation sites is 3. The molecular formula is C23H19N3O6S2. The molecule has 0 aliphatic heterocycles. The normalized spacial score (nSPS) is 11.6. The summed E-state index contributed by atoms with van der Waals surface area (Å²) in [5.74, 6) is -0.228. The Labute approximate surface area is 199 Å². The summed E-state index contributed by atoms with van der Waals surface area (Å²) in [5.41, 5.74) is 4.03. The van der Waals surface area contributed by atoms with E-state index < -0.39 is 16.0 Å². The predicted octanol–water partition coefficient (Wildman–Crippen LogP) is 3.85. The van der Waals surface area contributed by atoms with Crippen molar-refractivity contribution in [3.05, 3.63) is 78.4 Å². The Morgan fingerprint density at radius 1 is 1.09 bits per heavy atom. The van der Waals surface area contributed by atoms with Crippen LogP contribution in [0.25, 0.3) is 11.1 Å². The van der Waals surface area contributed by atoms with Gasteiger partial charge in [0, 0.05) is 5.56 Å². The Morgan fingerprint density at radius 3 is 2.62 bits per heavy atom. The molecule has 1 N–H and O–H groups in total. The molecule has 1 amide bonds. The predicted molar refractivity (Wildman–Crippen MR) is 128 cm³/mol. The number of carbonyl (C=O) groups is 1. The molecule has 0 fully saturated rings. The number of hydrogen-bond donors (Lipinski definition) is 1. The van der Waals surface area contributed by atoms with E-state index in [4.69, 9.17) is 13.3 Å². The van der Waals surface area contributed by atoms with E-state index in [2.05, 4.69) is 15.5 Å². The van der Waals surface area contributed by atoms with Crippen molar-refractivity contribution in [2.75, 3.05) is 12.9 Å². The first kappa shape index (κ1) is 23.3. The molecule has 174 valence electrons. The van der Waals surface area contributed by atoms with Crippen molar-refractivity contribution in [2.45, 2.75) is 10.1 Å². The Morgan fingerprint density at radius 2 is 1.85 bits per heavy atom. The van der Waals surface area contributed by atoms with Crippen molar-refractivity contribution in [3.8, 4) is 11.5 Å². The molecule has 11 heteroatoms. The fraction of sp³-hybridized carbons (Fsp3) is 0.0870. The SMILES string of the molecule is COc1cccc(/C=N\NC(=O)CSc2nc3ccccc3o2)c1OS(=O)(=O)c1ccccc1. The second-order valence-corrected chi connectivity index (χ2v) is 9.23. The molecule has 34 heavy (non-hydrogen) atoms. The number of nitrogens with zero attached hydrogens (tertiary/aromatic N) is 2. The standard InChI is InChI=1S/C23H19N3O6S2/c1-30-20-13-7-8-16(22(20)32-34(28,29)17-9-3-2-4-10-17)14-24-26-21(27)15-33-23-25-18-11-5-6-12-19(18)31-23/h2-14H,15H2,1H3,(H,26,27)/b24-14-. The Balaban J connectivity index is 1.43. The third-order valence-corrected chi connectivity index (χ3v) is 6.51. The van der Waals surface area contributed by atoms with Crippen molar-refractivity contribution >= 4 is 45.1 Å². The Bertz CT molecular complexity index is 1400. The lowest BCUT2D eigenvalue weighted by atomic mass is 10.2. The second-order valence-electron chi connectivity index (χ2n) is 6.76. The van der Waals surface area contributed by atoms with E-state index in [0.717, 1.165) is 11.8 Å². The van der Waals surface area contributed by atoms with Gasteiger partial charge in [0.25, 0.3) is 11.1 Å². The lowest BCUT2D eigenvalue weighted by Crippen LogP contribution is -2.19. The topological polar surface area (TPSA) is 120 Å². The first-order valence-corrected chi connectivity index (χ1v) is 12.3. The number of benzene rings is 3. The van der Waals surface area contributed by atoms with Crippen LogP contribution in [0.5, 0.6) is 11.5 Å². The van der Waals surface area contributed by atoms with E-state index >= 15 is 0 Å². The lowest BCUT2D eigenvalue weighted by molar-refractivity contribution is -0.118. The zero-order valence-electron chi connectivity index (χ0n) is 17.9. The molecule has 0 radical (unpaired) electrons. The van der Waals surface area contributed by atoms with Crippen LogP contribution in [0.1, 0.15) is 5.56 Å². The van der Waals surface area contributed by atoms with Gasteiger partial charge in [0.15, 0.2) is 17.1 Å². The quantitative estimate of drug-likeness (QED) is 0.160. The van der Waals surface area contributed by atoms with Crippen LogP contribution in [-0.2, 0) is 14.9 Å². The fourth-order valence-corrected chi connectivity index (χ4v) is 4.49. The number of hydrazone groups is 1. The molecule has 0 spiro atoms. The maximum absolute atomic E-state index is 12.7. The van der Waals surface area contributed by atoms with Gasteiger partial charge >= 0.3 is 10.1 Å². The molecule has 0 bridgehead atoms. The Kier molecular flexibility index (Phi) is 7.14. The summed E-state index contributed by atoms with van der Waals surface area (Å²) in [6.45, 7) is 0. The highest BCUT2D eigenvalue weighted by atomic mass is 32.2. The summed E-state index contributed by atoms with van der Waals surface area (Å²) in [6.07, 6.45) is 1.28. The molecule has 0 aliphatic rings. The molecule has 9 nitrogen and oxygen atoms in total. The van der Waals surface area contributed by atoms with Gasteiger partial charge in [-0.1, -0.05) is 48.2 Å². The molecule has 1 aromatic heterocycles. The number of rotatable bonds is 9. The van der Waals surface area contributed by atoms with Crippen LogP contribution in [0.4, 0.5) is 0 Å². The number of carbonyl (C=O) groups excluding carboxylic acids is 1. The summed E-state index contributed by atoms with van der Waals surface area (Å²) < 4.78 is 41.5. The second kappa shape index (κ2) is 10.4. The van der Waals surface area contributed by atoms with Crippen LogP contribution < -0.4 is 14.3 Å². The van der Waals surface area contributed by atoms with E-state index in [-0.39, 0.29) is 22.1 Å². The van der Waals surface area contributed by atoms with Crippen LogP contribution in [0.2, 0.25) is 0 Å². The average Bonchev–Trinajstić information content (AvgIpc) is 3.27. The van der Waals surface area contributed by atoms with Gasteiger partial charge < -0.3 is 13.3 Å². The smallest absolute Gasteiger partial charge is 0.339 e. The molecule has 0 saturated heterocycles. The van der Waals surface area contributed by atoms with E-state index in [9.17, 15) is 13.2 Å². The van der Waals surface area contributed by atoms with Gasteiger partial charge in [-0.25, -0.2) is 10.4 Å². The number of methoxy groups -OCH3 is 1. The molecule has 0 atom stereocenters. The van der Waals surface area contributed by atoms with Crippen molar-refractivity contribution in [1.29, 1.82) is 0 Å². The zero-order chi connectivity index (χ0) is 24.0. The number of nitrogens with one attached hydrogen (secondary N) is 1. The van der Waals surface area contributed by atoms with Crippen molar-refractivity contribution in [1.82, 2.24) is 10.4 Å². The maximum atomic E-state index is 12.7. The minimum atomic E-state index is -4.11. The molecule has 0 unspecified atom stereocenters. The first-order valence-electron chi connectivity index (χ1n) is 9.93. The highest BCUT2D eigenvalue weighted by Gasteiger charge is 2.21. The third kappa shape index (κ3) is 5.56. The molecule has 0 saturated carbocycles. The van der Waals surface area contributed by atoms with Gasteiger partial charge in [-0.3, -0.25) is 4.79 Å². The summed E-state index contributed by atoms with van der Waals surface area (Å²) in [7, 11) is -2.72. The number of aromatic nitrogens is 1. The highest BCUT2D eigenvalue weighted by molar-refractivity contribution is 7.99. The van der Waals surface area contributed by atoms with Gasteiger partial charge in [0.05, 0.1) is 19.1 Å². The number of hydrogen-bond acceptors (Lipinski definition) is 9. The third-order valence-electron chi connectivity index (χ3n) is 4.45. The summed E-state index contributed by atoms with van der Waals surface area (Å²) in [6, 6.07) is 19.8. The van der Waals surface area contributed by atoms with Gasteiger partial charge in [0.1, 0.15) is 10.4 Å². The molecule has 0 aliphatic carbocycles. The summed E-state index contributed by atoms with van der Waals surface area (Å²) in [4.78, 5) is 16.5. The van der Waals surface area contributed by atoms with E-state index in [1.807, 2.05) is 18.2 Å². The number of fused-ring (bicyclic) bond motifs is 1. The largest absolute Gasteiger partial charge is 0.493 e. The van der Waals surface area contributed by atoms with Crippen LogP contribution >= 0.6 is 11.8 Å². The zero-order valence-corrected chi connectivity index (χ0v) is 19.5. The molecule has 1 heterocycles. The molecule has 3 aromatic carbocycles. The molecular weight excluding hydrogens is 478 g/mol. The monoisotopic (exact) mass is 497 g/mol. The van der Waals surface area contributed by atoms with E-state index in [1.165, 1.54) is 25.5 Å².